The number of rotatable bonds is 17. The van der Waals surface area contributed by atoms with Crippen molar-refractivity contribution in [3.63, 3.8) is 0 Å². The van der Waals surface area contributed by atoms with Gasteiger partial charge in [0.05, 0.1) is 107 Å². The van der Waals surface area contributed by atoms with Gasteiger partial charge in [-0.3, -0.25) is 14.5 Å². The number of nitrogens with zero attached hydrogens (tertiary/aromatic N) is 1. The fourth-order valence-electron chi connectivity index (χ4n) is 19.1. The van der Waals surface area contributed by atoms with Crippen LogP contribution in [0.25, 0.3) is 0 Å². The number of carbonyl (C=O) groups excluding carboxylic acids is 2. The number of ether oxygens (including phenoxy) is 14. The number of hydrogen-bond acceptors (Lipinski definition) is 26. The summed E-state index contributed by atoms with van der Waals surface area (Å²) in [6.07, 6.45) is -11.7. The minimum absolute atomic E-state index is 0.0519. The lowest BCUT2D eigenvalue weighted by atomic mass is 9.76. The summed E-state index contributed by atoms with van der Waals surface area (Å²) in [5.41, 5.74) is -1.16. The van der Waals surface area contributed by atoms with Gasteiger partial charge in [-0.1, -0.05) is 61.8 Å². The second kappa shape index (κ2) is 33.5. The molecule has 0 saturated carbocycles. The summed E-state index contributed by atoms with van der Waals surface area (Å²) < 4.78 is 90.1. The van der Waals surface area contributed by atoms with E-state index in [1.54, 1.807) is 62.5 Å². The van der Waals surface area contributed by atoms with Crippen molar-refractivity contribution in [3.8, 4) is 0 Å². The Bertz CT molecular complexity index is 2660. The van der Waals surface area contributed by atoms with Gasteiger partial charge in [0.1, 0.15) is 47.8 Å². The summed E-state index contributed by atoms with van der Waals surface area (Å²) in [5, 5.41) is 90.4. The summed E-state index contributed by atoms with van der Waals surface area (Å²) >= 11 is 0. The molecule has 10 N–H and O–H groups in total. The number of fused-ring (bicyclic) bond motifs is 4. The Labute approximate surface area is 601 Å². The molecule has 9 saturated heterocycles. The normalized spacial score (nSPS) is 50.2. The number of nitrogens with two attached hydrogens (primary N) is 1. The van der Waals surface area contributed by atoms with Crippen LogP contribution in [0.1, 0.15) is 209 Å². The number of carbonyl (C=O) groups is 2. The second-order valence-electron chi connectivity index (χ2n) is 33.8. The summed E-state index contributed by atoms with van der Waals surface area (Å²) in [4.78, 5) is 30.9. The van der Waals surface area contributed by atoms with E-state index in [1.807, 2.05) is 62.3 Å². The molecule has 26 heteroatoms. The zero-order valence-corrected chi connectivity index (χ0v) is 64.8. The molecule has 9 fully saturated rings. The van der Waals surface area contributed by atoms with Crippen molar-refractivity contribution in [1.82, 2.24) is 4.90 Å². The molecule has 0 aliphatic carbocycles. The number of cyclic esters (lactones) is 2. The van der Waals surface area contributed by atoms with Crippen LogP contribution in [0.3, 0.4) is 0 Å². The molecule has 14 unspecified atom stereocenters. The average Bonchev–Trinajstić information content (AvgIpc) is 1.60. The minimum Gasteiger partial charge on any atom is -0.459 e. The lowest BCUT2D eigenvalue weighted by molar-refractivity contribution is -0.319. The molecule has 9 aliphatic heterocycles. The smallest absolute Gasteiger partial charge is 0.311 e. The van der Waals surface area contributed by atoms with Gasteiger partial charge in [0.2, 0.25) is 0 Å². The van der Waals surface area contributed by atoms with E-state index in [0.717, 1.165) is 25.9 Å². The first kappa shape index (κ1) is 84.7. The first-order chi connectivity index (χ1) is 47.0. The average molecular weight is 1450 g/mol. The van der Waals surface area contributed by atoms with E-state index in [-0.39, 0.29) is 55.8 Å². The van der Waals surface area contributed by atoms with Crippen LogP contribution in [0.5, 0.6) is 0 Å². The predicted octanol–water partition coefficient (Wildman–Crippen LogP) is 5.57. The van der Waals surface area contributed by atoms with E-state index >= 15 is 0 Å². The molecule has 588 valence electrons. The second-order valence-corrected chi connectivity index (χ2v) is 33.8. The number of hydrogen-bond donors (Lipinski definition) is 9. The third-order valence-electron chi connectivity index (χ3n) is 25.4. The standard InChI is InChI=1S/C40H71NO12.C35H63NO12/c1-12-28(42)40(10,46)35-23(4)31-21(2)19-39(9,53-31)34(52-37-30(43)27(18-22(3)48-37)41-16-14-13-15-17-41)24(5)32(25(6)36(45)51-35)50-29-20-38(8,47-11)33(44)26(7)49-29;1-12-23(37)35(10,41)30-18(4)26-16(2)14-34(9,48-26)29(47-32-25(38)22(36)13-17(3)43-32)19(5)27(20(6)31(40)46-30)45-24-15-33(8,42-11)28(39)21(7)44-24/h21-35,37,42-44,46H,12-20H2,1-11H3;16-30,32,37-39,41H,12-15,36H2,1-11H3/t21?,22?,23-,24-,25+,26?,27?,28+,29-,30?,31?,32-,33-,34+,35+,37-,38?,39-,40+;16?,17?,18-,19-,20+,21?,22?,23+,24-,25?,26?,27-,28-,29+,30+,32-,33?,34-,35+/m00/s1. The third-order valence-corrected chi connectivity index (χ3v) is 25.4. The molecule has 0 amide bonds. The Morgan fingerprint density at radius 1 is 0.545 bits per heavy atom. The highest BCUT2D eigenvalue weighted by atomic mass is 16.7. The minimum atomic E-state index is -1.79. The van der Waals surface area contributed by atoms with Gasteiger partial charge in [0.15, 0.2) is 25.2 Å². The monoisotopic (exact) mass is 1450 g/mol. The van der Waals surface area contributed by atoms with Gasteiger partial charge in [-0.25, -0.2) is 0 Å². The van der Waals surface area contributed by atoms with Gasteiger partial charge >= 0.3 is 11.9 Å². The molecule has 0 aromatic rings. The Hall–Kier alpha value is -1.94. The van der Waals surface area contributed by atoms with Gasteiger partial charge in [0, 0.05) is 62.8 Å². The first-order valence-corrected chi connectivity index (χ1v) is 38.1. The molecular formula is C75H134N2O24. The summed E-state index contributed by atoms with van der Waals surface area (Å²) in [6.45, 7) is 38.4. The van der Waals surface area contributed by atoms with Crippen LogP contribution in [-0.2, 0) is 75.9 Å². The Balaban J connectivity index is 0.000000258. The van der Waals surface area contributed by atoms with Gasteiger partial charge in [-0.2, -0.15) is 0 Å². The number of aliphatic hydroxyl groups excluding tert-OH is 6. The molecule has 0 aromatic carbocycles. The lowest BCUT2D eigenvalue weighted by Gasteiger charge is -2.49. The highest BCUT2D eigenvalue weighted by Gasteiger charge is 2.62. The van der Waals surface area contributed by atoms with Crippen LogP contribution < -0.4 is 5.73 Å². The molecule has 9 aliphatic rings. The van der Waals surface area contributed by atoms with Gasteiger partial charge in [-0.15, -0.1) is 0 Å². The third kappa shape index (κ3) is 17.7. The fourth-order valence-corrected chi connectivity index (χ4v) is 19.1. The maximum Gasteiger partial charge on any atom is 0.311 e. The van der Waals surface area contributed by atoms with Crippen LogP contribution in [0, 0.1) is 47.3 Å². The van der Waals surface area contributed by atoms with Crippen LogP contribution in [0.2, 0.25) is 0 Å². The van der Waals surface area contributed by atoms with Crippen molar-refractivity contribution >= 4 is 11.9 Å². The maximum absolute atomic E-state index is 14.4. The number of methoxy groups -OCH3 is 2. The van der Waals surface area contributed by atoms with E-state index in [9.17, 15) is 50.4 Å². The predicted molar refractivity (Wildman–Crippen MR) is 370 cm³/mol. The fraction of sp³-hybridized carbons (Fsp3) is 0.973. The maximum atomic E-state index is 14.4. The highest BCUT2D eigenvalue weighted by molar-refractivity contribution is 5.73. The van der Waals surface area contributed by atoms with Crippen molar-refractivity contribution in [1.29, 1.82) is 0 Å². The Morgan fingerprint density at radius 2 is 0.921 bits per heavy atom. The zero-order valence-electron chi connectivity index (χ0n) is 64.8. The van der Waals surface area contributed by atoms with Crippen molar-refractivity contribution in [2.75, 3.05) is 27.3 Å². The SMILES string of the molecule is CC[C@@H](O)[C@@](C)(O)[C@@H]1OC(=O)[C@H](C)[C@@H](O[C@H]2CC(C)(OC)[C@@H](O)C(C)O2)[C@H](C)[C@@H](O[C@@H]2OC(C)CC(N)C2O)[C@]2(C)CC(C)C(O2)[C@@H]1C.CC[C@@H](O)[C@@](C)(O)[C@@H]1OC(=O)[C@H](C)[C@@H](O[C@H]2CC(C)(OC)[C@@H](O)C(C)O2)[C@H](C)[C@@H](O[C@@H]2OC(C)CC(N3CCCCC3)C2O)[C@]2(C)CC(C)C(O2)[C@@H]1C. The van der Waals surface area contributed by atoms with Crippen molar-refractivity contribution in [2.24, 2.45) is 53.1 Å². The van der Waals surface area contributed by atoms with Crippen molar-refractivity contribution in [3.05, 3.63) is 0 Å². The molecule has 101 heavy (non-hydrogen) atoms. The molecule has 9 rings (SSSR count). The van der Waals surface area contributed by atoms with Crippen LogP contribution in [0.4, 0.5) is 0 Å². The van der Waals surface area contributed by atoms with E-state index in [2.05, 4.69) is 11.8 Å². The molecule has 9 heterocycles. The van der Waals surface area contributed by atoms with Crippen molar-refractivity contribution < 1.29 is 117 Å². The topological polar surface area (TPSA) is 354 Å². The molecule has 0 radical (unpaired) electrons. The zero-order chi connectivity index (χ0) is 75.3. The molecule has 26 nitrogen and oxygen atoms in total. The van der Waals surface area contributed by atoms with Crippen LogP contribution in [-0.4, -0.2) is 266 Å². The van der Waals surface area contributed by atoms with Gasteiger partial charge < -0.3 is 113 Å². The van der Waals surface area contributed by atoms with E-state index in [1.165, 1.54) is 27.4 Å². The van der Waals surface area contributed by atoms with Crippen LogP contribution in [0.15, 0.2) is 0 Å². The molecule has 4 bridgehead atoms. The van der Waals surface area contributed by atoms with Crippen LogP contribution >= 0.6 is 0 Å². The molecule has 38 atom stereocenters. The first-order valence-electron chi connectivity index (χ1n) is 38.1. The largest absolute Gasteiger partial charge is 0.459 e. The number of esters is 2. The Morgan fingerprint density at radius 3 is 1.30 bits per heavy atom. The van der Waals surface area contributed by atoms with Gasteiger partial charge in [-0.05, 0) is 159 Å². The van der Waals surface area contributed by atoms with E-state index in [0.29, 0.717) is 25.7 Å². The number of likely N-dealkylation sites (tertiary alicyclic amines) is 1. The number of piperidine rings is 1. The van der Waals surface area contributed by atoms with Crippen molar-refractivity contribution in [2.45, 2.75) is 390 Å². The van der Waals surface area contributed by atoms with Gasteiger partial charge in [0.25, 0.3) is 0 Å². The Kier molecular flexibility index (Phi) is 28.1. The summed E-state index contributed by atoms with van der Waals surface area (Å²) in [6, 6.07) is -0.694. The lowest BCUT2D eigenvalue weighted by Crippen LogP contribution is -2.61. The quantitative estimate of drug-likeness (QED) is 0.0804. The highest BCUT2D eigenvalue weighted by Crippen LogP contribution is 2.52. The summed E-state index contributed by atoms with van der Waals surface area (Å²) in [5.74, 6) is -5.38. The van der Waals surface area contributed by atoms with E-state index < -0.39 is 210 Å². The molecular weight excluding hydrogens is 1310 g/mol. The molecule has 0 spiro atoms. The number of aliphatic hydroxyl groups is 8. The summed E-state index contributed by atoms with van der Waals surface area (Å²) in [7, 11) is 3.06. The van der Waals surface area contributed by atoms with E-state index in [4.69, 9.17) is 72.0 Å². The molecule has 0 aromatic heterocycles.